The minimum Gasteiger partial charge on any atom is -0.449 e. The Kier molecular flexibility index (Phi) is 3.75. The Hall–Kier alpha value is -3.15. The van der Waals surface area contributed by atoms with Gasteiger partial charge < -0.3 is 9.47 Å². The quantitative estimate of drug-likeness (QED) is 0.752. The van der Waals surface area contributed by atoms with Gasteiger partial charge in [-0.15, -0.1) is 0 Å². The monoisotopic (exact) mass is 372 g/mol. The van der Waals surface area contributed by atoms with E-state index in [2.05, 4.69) is 5.43 Å². The van der Waals surface area contributed by atoms with Crippen LogP contribution in [0.2, 0.25) is 0 Å². The molecule has 1 N–H and O–H groups in total. The van der Waals surface area contributed by atoms with Gasteiger partial charge in [0.15, 0.2) is 5.72 Å². The molecule has 28 heavy (non-hydrogen) atoms. The number of fused-ring (bicyclic) bond motifs is 5. The molecule has 5 rings (SSSR count). The van der Waals surface area contributed by atoms with Crippen molar-refractivity contribution in [2.24, 2.45) is 0 Å². The van der Waals surface area contributed by atoms with E-state index in [4.69, 9.17) is 9.47 Å². The zero-order valence-corrected chi connectivity index (χ0v) is 15.5. The second-order valence-electron chi connectivity index (χ2n) is 6.85. The summed E-state index contributed by atoms with van der Waals surface area (Å²) in [5.41, 5.74) is 4.96. The van der Waals surface area contributed by atoms with Crippen molar-refractivity contribution >= 4 is 6.09 Å². The Labute approximate surface area is 163 Å². The van der Waals surface area contributed by atoms with E-state index in [1.807, 2.05) is 84.9 Å². The second kappa shape index (κ2) is 6.19. The SMILES string of the molecule is CCOC(=O)N1NC2(c3ccccc3)OC1(c1ccccc1)c1ccccc12. The summed E-state index contributed by atoms with van der Waals surface area (Å²) < 4.78 is 12.1. The number of nitrogens with zero attached hydrogens (tertiary/aromatic N) is 1. The van der Waals surface area contributed by atoms with Gasteiger partial charge in [-0.1, -0.05) is 84.9 Å². The largest absolute Gasteiger partial charge is 0.449 e. The molecule has 1 amide bonds. The van der Waals surface area contributed by atoms with Crippen LogP contribution in [0.1, 0.15) is 29.2 Å². The Morgan fingerprint density at radius 1 is 0.893 bits per heavy atom. The molecular weight excluding hydrogens is 352 g/mol. The third kappa shape index (κ3) is 2.11. The maximum absolute atomic E-state index is 13.0. The lowest BCUT2D eigenvalue weighted by Crippen LogP contribution is -2.56. The van der Waals surface area contributed by atoms with Crippen LogP contribution in [0.4, 0.5) is 4.79 Å². The number of amides is 1. The predicted octanol–water partition coefficient (Wildman–Crippen LogP) is 4.10. The normalized spacial score (nSPS) is 24.8. The van der Waals surface area contributed by atoms with Crippen LogP contribution in [0.3, 0.4) is 0 Å². The lowest BCUT2D eigenvalue weighted by molar-refractivity contribution is -0.0791. The molecule has 0 aliphatic carbocycles. The summed E-state index contributed by atoms with van der Waals surface area (Å²) in [6, 6.07) is 27.7. The number of benzene rings is 3. The number of hydrazine groups is 1. The van der Waals surface area contributed by atoms with Crippen molar-refractivity contribution in [1.29, 1.82) is 0 Å². The number of carbonyl (C=O) groups excluding carboxylic acids is 1. The number of hydrogen-bond acceptors (Lipinski definition) is 4. The molecular formula is C23H20N2O3. The second-order valence-corrected chi connectivity index (χ2v) is 6.85. The average molecular weight is 372 g/mol. The first kappa shape index (κ1) is 17.0. The number of ether oxygens (including phenoxy) is 2. The fraction of sp³-hybridized carbons (Fsp3) is 0.174. The minimum atomic E-state index is -1.11. The van der Waals surface area contributed by atoms with Crippen molar-refractivity contribution in [3.05, 3.63) is 107 Å². The molecule has 5 nitrogen and oxygen atoms in total. The van der Waals surface area contributed by atoms with Gasteiger partial charge in [0.05, 0.1) is 6.61 Å². The lowest BCUT2D eigenvalue weighted by Gasteiger charge is -2.37. The van der Waals surface area contributed by atoms with Gasteiger partial charge >= 0.3 is 6.09 Å². The molecule has 1 fully saturated rings. The molecule has 2 bridgehead atoms. The molecule has 0 saturated carbocycles. The van der Waals surface area contributed by atoms with Crippen LogP contribution in [0.5, 0.6) is 0 Å². The van der Waals surface area contributed by atoms with Crippen molar-refractivity contribution < 1.29 is 14.3 Å². The zero-order valence-electron chi connectivity index (χ0n) is 15.5. The van der Waals surface area contributed by atoms with E-state index in [1.165, 1.54) is 5.01 Å². The van der Waals surface area contributed by atoms with Crippen LogP contribution in [-0.2, 0) is 20.9 Å². The molecule has 5 heteroatoms. The summed E-state index contributed by atoms with van der Waals surface area (Å²) >= 11 is 0. The summed E-state index contributed by atoms with van der Waals surface area (Å²) in [6.45, 7) is 2.07. The van der Waals surface area contributed by atoms with Crippen LogP contribution in [-0.4, -0.2) is 17.7 Å². The average Bonchev–Trinajstić information content (AvgIpc) is 3.28. The van der Waals surface area contributed by atoms with Gasteiger partial charge in [0.25, 0.3) is 0 Å². The highest BCUT2D eigenvalue weighted by Gasteiger charge is 2.67. The smallest absolute Gasteiger partial charge is 0.427 e. The molecule has 0 spiro atoms. The summed E-state index contributed by atoms with van der Waals surface area (Å²) in [5.74, 6) is 0. The molecule has 3 aromatic carbocycles. The molecule has 2 unspecified atom stereocenters. The number of carbonyl (C=O) groups is 1. The molecule has 2 heterocycles. The predicted molar refractivity (Wildman–Crippen MR) is 104 cm³/mol. The van der Waals surface area contributed by atoms with E-state index in [9.17, 15) is 4.79 Å². The van der Waals surface area contributed by atoms with Crippen molar-refractivity contribution in [3.8, 4) is 0 Å². The molecule has 3 aromatic rings. The number of rotatable bonds is 3. The van der Waals surface area contributed by atoms with Crippen molar-refractivity contribution in [2.45, 2.75) is 18.4 Å². The summed E-state index contributed by atoms with van der Waals surface area (Å²) in [5, 5.41) is 1.49. The third-order valence-corrected chi connectivity index (χ3v) is 5.35. The third-order valence-electron chi connectivity index (χ3n) is 5.35. The van der Waals surface area contributed by atoms with Crippen LogP contribution >= 0.6 is 0 Å². The van der Waals surface area contributed by atoms with Gasteiger partial charge in [0, 0.05) is 22.3 Å². The van der Waals surface area contributed by atoms with E-state index in [0.717, 1.165) is 22.3 Å². The molecule has 1 saturated heterocycles. The van der Waals surface area contributed by atoms with Crippen LogP contribution in [0.15, 0.2) is 84.9 Å². The van der Waals surface area contributed by atoms with E-state index >= 15 is 0 Å². The van der Waals surface area contributed by atoms with Crippen LogP contribution < -0.4 is 5.43 Å². The van der Waals surface area contributed by atoms with Crippen LogP contribution in [0.25, 0.3) is 0 Å². The van der Waals surface area contributed by atoms with Crippen molar-refractivity contribution in [2.75, 3.05) is 6.61 Å². The fourth-order valence-electron chi connectivity index (χ4n) is 4.22. The summed E-state index contributed by atoms with van der Waals surface area (Å²) in [7, 11) is 0. The van der Waals surface area contributed by atoms with Crippen molar-refractivity contribution in [1.82, 2.24) is 10.4 Å². The van der Waals surface area contributed by atoms with Crippen LogP contribution in [0, 0.1) is 0 Å². The van der Waals surface area contributed by atoms with E-state index in [1.54, 1.807) is 6.92 Å². The topological polar surface area (TPSA) is 50.8 Å². The van der Waals surface area contributed by atoms with Gasteiger partial charge in [-0.25, -0.2) is 4.79 Å². The van der Waals surface area contributed by atoms with E-state index < -0.39 is 17.5 Å². The van der Waals surface area contributed by atoms with Gasteiger partial charge in [-0.2, -0.15) is 10.4 Å². The zero-order chi connectivity index (χ0) is 19.2. The summed E-state index contributed by atoms with van der Waals surface area (Å²) in [6.07, 6.45) is -0.473. The Morgan fingerprint density at radius 2 is 1.46 bits per heavy atom. The molecule has 140 valence electrons. The van der Waals surface area contributed by atoms with Gasteiger partial charge in [-0.3, -0.25) is 0 Å². The molecule has 2 aliphatic heterocycles. The maximum Gasteiger partial charge on any atom is 0.427 e. The first-order valence-electron chi connectivity index (χ1n) is 9.38. The Balaban J connectivity index is 1.79. The highest BCUT2D eigenvalue weighted by atomic mass is 16.6. The molecule has 0 aromatic heterocycles. The Morgan fingerprint density at radius 3 is 2.11 bits per heavy atom. The lowest BCUT2D eigenvalue weighted by atomic mass is 9.86. The fourth-order valence-corrected chi connectivity index (χ4v) is 4.22. The van der Waals surface area contributed by atoms with Crippen molar-refractivity contribution in [3.63, 3.8) is 0 Å². The van der Waals surface area contributed by atoms with Gasteiger partial charge in [0.2, 0.25) is 5.72 Å². The first-order chi connectivity index (χ1) is 13.7. The van der Waals surface area contributed by atoms with E-state index in [-0.39, 0.29) is 6.61 Å². The number of hydrogen-bond donors (Lipinski definition) is 1. The summed E-state index contributed by atoms with van der Waals surface area (Å²) in [4.78, 5) is 13.0. The highest BCUT2D eigenvalue weighted by Crippen LogP contribution is 2.58. The Bertz CT molecular complexity index is 1020. The van der Waals surface area contributed by atoms with E-state index in [0.29, 0.717) is 0 Å². The number of nitrogens with one attached hydrogen (secondary N) is 1. The highest BCUT2D eigenvalue weighted by molar-refractivity contribution is 5.72. The molecule has 2 aliphatic rings. The molecule has 0 radical (unpaired) electrons. The van der Waals surface area contributed by atoms with Gasteiger partial charge in [-0.05, 0) is 6.92 Å². The molecule has 2 atom stereocenters. The van der Waals surface area contributed by atoms with Gasteiger partial charge in [0.1, 0.15) is 0 Å². The standard InChI is InChI=1S/C23H20N2O3/c1-2-27-21(26)25-23(18-13-7-4-8-14-18)20-16-10-9-15-19(20)22(24-25,28-23)17-11-5-3-6-12-17/h3-16,24H,2H2,1H3. The maximum atomic E-state index is 13.0. The minimum absolute atomic E-state index is 0.280. The first-order valence-corrected chi connectivity index (χ1v) is 9.38.